The Morgan fingerprint density at radius 1 is 1.05 bits per heavy atom. The normalized spacial score (nSPS) is 21.0. The van der Waals surface area contributed by atoms with Gasteiger partial charge in [-0.1, -0.05) is 30.3 Å². The zero-order valence-electron chi connectivity index (χ0n) is 11.1. The van der Waals surface area contributed by atoms with E-state index in [1.807, 2.05) is 30.3 Å². The van der Waals surface area contributed by atoms with E-state index < -0.39 is 24.4 Å². The van der Waals surface area contributed by atoms with Gasteiger partial charge in [-0.25, -0.2) is 9.98 Å². The van der Waals surface area contributed by atoms with Crippen LogP contribution < -0.4 is 0 Å². The Morgan fingerprint density at radius 2 is 1.70 bits per heavy atom. The van der Waals surface area contributed by atoms with Crippen molar-refractivity contribution < 1.29 is 19.1 Å². The number of rotatable bonds is 3. The Labute approximate surface area is 116 Å². The summed E-state index contributed by atoms with van der Waals surface area (Å²) in [6.45, 7) is 2.60. The van der Waals surface area contributed by atoms with Crippen molar-refractivity contribution in [3.05, 3.63) is 35.9 Å². The topological polar surface area (TPSA) is 77.3 Å². The molecular weight excluding hydrogens is 260 g/mol. The predicted molar refractivity (Wildman–Crippen MR) is 72.6 cm³/mol. The lowest BCUT2D eigenvalue weighted by atomic mass is 10.1. The zero-order valence-corrected chi connectivity index (χ0v) is 11.1. The van der Waals surface area contributed by atoms with Gasteiger partial charge in [0.25, 0.3) is 0 Å². The molecule has 0 aliphatic carbocycles. The van der Waals surface area contributed by atoms with Gasteiger partial charge in [0.2, 0.25) is 12.5 Å². The van der Waals surface area contributed by atoms with Crippen LogP contribution in [0.25, 0.3) is 0 Å². The fraction of sp³-hybridized carbons (Fsp3) is 0.286. The molecule has 0 saturated carbocycles. The van der Waals surface area contributed by atoms with E-state index in [1.165, 1.54) is 20.1 Å². The van der Waals surface area contributed by atoms with Crippen LogP contribution in [0, 0.1) is 0 Å². The van der Waals surface area contributed by atoms with Crippen LogP contribution in [0.3, 0.4) is 0 Å². The number of benzene rings is 1. The molecule has 1 aliphatic heterocycles. The minimum absolute atomic E-state index is 0.453. The number of hydrogen-bond donors (Lipinski definition) is 0. The Kier molecular flexibility index (Phi) is 4.24. The van der Waals surface area contributed by atoms with Crippen molar-refractivity contribution in [2.24, 2.45) is 9.98 Å². The van der Waals surface area contributed by atoms with Gasteiger partial charge in [-0.15, -0.1) is 0 Å². The van der Waals surface area contributed by atoms with Crippen LogP contribution in [0.4, 0.5) is 0 Å². The average Bonchev–Trinajstić information content (AvgIpc) is 2.40. The molecule has 0 amide bonds. The number of nitrogens with zero attached hydrogens (tertiary/aromatic N) is 2. The van der Waals surface area contributed by atoms with Gasteiger partial charge in [0.1, 0.15) is 5.71 Å². The lowest BCUT2D eigenvalue weighted by molar-refractivity contribution is -0.145. The van der Waals surface area contributed by atoms with Gasteiger partial charge in [0.05, 0.1) is 6.21 Å². The van der Waals surface area contributed by atoms with E-state index in [0.717, 1.165) is 5.56 Å². The minimum atomic E-state index is -0.818. The number of carbonyl (C=O) groups is 2. The number of hydrogen-bond acceptors (Lipinski definition) is 6. The molecule has 6 heteroatoms. The molecule has 0 radical (unpaired) electrons. The summed E-state index contributed by atoms with van der Waals surface area (Å²) in [6.07, 6.45) is -0.266. The first-order valence-electron chi connectivity index (χ1n) is 6.07. The Bertz CT molecular complexity index is 566. The van der Waals surface area contributed by atoms with Crippen LogP contribution in [0.5, 0.6) is 0 Å². The molecule has 1 aromatic carbocycles. The third-order valence-corrected chi connectivity index (χ3v) is 2.48. The van der Waals surface area contributed by atoms with Crippen LogP contribution in [0.1, 0.15) is 19.4 Å². The molecule has 2 unspecified atom stereocenters. The molecule has 0 N–H and O–H groups in total. The summed E-state index contributed by atoms with van der Waals surface area (Å²) >= 11 is 0. The molecule has 2 rings (SSSR count). The fourth-order valence-electron chi connectivity index (χ4n) is 1.75. The quantitative estimate of drug-likeness (QED) is 0.779. The van der Waals surface area contributed by atoms with E-state index in [2.05, 4.69) is 9.98 Å². The second-order valence-corrected chi connectivity index (χ2v) is 4.14. The Hall–Kier alpha value is -2.50. The highest BCUT2D eigenvalue weighted by Crippen LogP contribution is 2.15. The molecule has 1 aliphatic rings. The van der Waals surface area contributed by atoms with Crippen molar-refractivity contribution in [1.29, 1.82) is 0 Å². The second kappa shape index (κ2) is 6.10. The Morgan fingerprint density at radius 3 is 2.30 bits per heavy atom. The summed E-state index contributed by atoms with van der Waals surface area (Å²) in [5.74, 6) is -0.912. The van der Waals surface area contributed by atoms with Gasteiger partial charge in [-0.3, -0.25) is 9.59 Å². The average molecular weight is 274 g/mol. The fourth-order valence-corrected chi connectivity index (χ4v) is 1.75. The van der Waals surface area contributed by atoms with Gasteiger partial charge in [-0.05, 0) is 0 Å². The van der Waals surface area contributed by atoms with E-state index in [0.29, 0.717) is 5.71 Å². The van der Waals surface area contributed by atoms with E-state index >= 15 is 0 Å². The largest absolute Gasteiger partial charge is 0.435 e. The molecule has 0 spiro atoms. The molecule has 20 heavy (non-hydrogen) atoms. The molecule has 6 nitrogen and oxygen atoms in total. The maximum absolute atomic E-state index is 11.1. The summed E-state index contributed by atoms with van der Waals surface area (Å²) in [5, 5.41) is 0. The molecule has 0 saturated heterocycles. The highest BCUT2D eigenvalue weighted by atomic mass is 16.6. The summed E-state index contributed by atoms with van der Waals surface area (Å²) in [4.78, 5) is 30.4. The number of aliphatic imine (C=N–C) groups is 2. The molecular formula is C14H14N2O4. The van der Waals surface area contributed by atoms with Crippen molar-refractivity contribution in [3.63, 3.8) is 0 Å². The third-order valence-electron chi connectivity index (χ3n) is 2.48. The maximum atomic E-state index is 11.1. The highest BCUT2D eigenvalue weighted by Gasteiger charge is 2.25. The van der Waals surface area contributed by atoms with Crippen molar-refractivity contribution in [1.82, 2.24) is 0 Å². The predicted octanol–water partition coefficient (Wildman–Crippen LogP) is 1.34. The first kappa shape index (κ1) is 13.9. The summed E-state index contributed by atoms with van der Waals surface area (Å²) in [5.41, 5.74) is 1.21. The first-order valence-corrected chi connectivity index (χ1v) is 6.07. The lowest BCUT2D eigenvalue weighted by Crippen LogP contribution is -2.33. The Balaban J connectivity index is 2.30. The van der Waals surface area contributed by atoms with Crippen LogP contribution >= 0.6 is 0 Å². The smallest absolute Gasteiger partial charge is 0.304 e. The molecule has 2 atom stereocenters. The van der Waals surface area contributed by atoms with Gasteiger partial charge in [-0.2, -0.15) is 0 Å². The highest BCUT2D eigenvalue weighted by molar-refractivity contribution is 6.06. The van der Waals surface area contributed by atoms with Crippen LogP contribution in [-0.4, -0.2) is 36.3 Å². The van der Waals surface area contributed by atoms with E-state index in [1.54, 1.807) is 0 Å². The van der Waals surface area contributed by atoms with E-state index in [-0.39, 0.29) is 0 Å². The molecule has 0 bridgehead atoms. The van der Waals surface area contributed by atoms with Gasteiger partial charge in [0, 0.05) is 19.4 Å². The standard InChI is InChI=1S/C14H14N2O4/c1-9(17)19-12-8-15-14(20-10(2)18)13(16-12)11-6-4-3-5-7-11/h3-8,12,14H,1-2H3. The SMILES string of the molecule is CC(=O)OC1C=NC(OC(C)=O)C(c2ccccc2)=N1. The van der Waals surface area contributed by atoms with E-state index in [9.17, 15) is 9.59 Å². The van der Waals surface area contributed by atoms with E-state index in [4.69, 9.17) is 9.47 Å². The first-order chi connectivity index (χ1) is 9.56. The number of ether oxygens (including phenoxy) is 2. The van der Waals surface area contributed by atoms with Crippen molar-refractivity contribution >= 4 is 23.9 Å². The number of carbonyl (C=O) groups excluding carboxylic acids is 2. The van der Waals surface area contributed by atoms with Crippen LogP contribution in [0.2, 0.25) is 0 Å². The lowest BCUT2D eigenvalue weighted by Gasteiger charge is -2.21. The molecule has 1 heterocycles. The maximum Gasteiger partial charge on any atom is 0.304 e. The summed E-state index contributed by atoms with van der Waals surface area (Å²) < 4.78 is 10.1. The molecule has 0 fully saturated rings. The van der Waals surface area contributed by atoms with Gasteiger partial charge in [0.15, 0.2) is 0 Å². The molecule has 1 aromatic rings. The van der Waals surface area contributed by atoms with Crippen LogP contribution in [-0.2, 0) is 19.1 Å². The monoisotopic (exact) mass is 274 g/mol. The summed E-state index contributed by atoms with van der Waals surface area (Å²) in [7, 11) is 0. The minimum Gasteiger partial charge on any atom is -0.435 e. The number of esters is 2. The van der Waals surface area contributed by atoms with Crippen LogP contribution in [0.15, 0.2) is 40.3 Å². The molecule has 104 valence electrons. The van der Waals surface area contributed by atoms with Crippen molar-refractivity contribution in [3.8, 4) is 0 Å². The molecule has 0 aromatic heterocycles. The van der Waals surface area contributed by atoms with Gasteiger partial charge >= 0.3 is 11.9 Å². The van der Waals surface area contributed by atoms with Crippen molar-refractivity contribution in [2.75, 3.05) is 0 Å². The van der Waals surface area contributed by atoms with Gasteiger partial charge < -0.3 is 9.47 Å². The summed E-state index contributed by atoms with van der Waals surface area (Å²) in [6, 6.07) is 9.17. The van der Waals surface area contributed by atoms with Crippen molar-refractivity contribution in [2.45, 2.75) is 26.3 Å². The zero-order chi connectivity index (χ0) is 14.5. The second-order valence-electron chi connectivity index (χ2n) is 4.14. The third kappa shape index (κ3) is 3.50.